The average molecular weight is 317 g/mol. The van der Waals surface area contributed by atoms with E-state index in [0.717, 1.165) is 5.75 Å². The molecule has 8 heteroatoms. The summed E-state index contributed by atoms with van der Waals surface area (Å²) in [6, 6.07) is 3.47. The maximum absolute atomic E-state index is 11.9. The minimum Gasteiger partial charge on any atom is -0.389 e. The van der Waals surface area contributed by atoms with Gasteiger partial charge in [0.05, 0.1) is 0 Å². The van der Waals surface area contributed by atoms with Crippen LogP contribution in [-0.4, -0.2) is 48.1 Å². The fraction of sp³-hybridized carbons (Fsp3) is 0.455. The van der Waals surface area contributed by atoms with Crippen molar-refractivity contribution in [2.24, 2.45) is 5.73 Å². The van der Waals surface area contributed by atoms with E-state index in [1.54, 1.807) is 30.1 Å². The van der Waals surface area contributed by atoms with Gasteiger partial charge in [0, 0.05) is 36.1 Å². The van der Waals surface area contributed by atoms with Crippen molar-refractivity contribution in [3.63, 3.8) is 0 Å². The quantitative estimate of drug-likeness (QED) is 0.820. The van der Waals surface area contributed by atoms with E-state index in [2.05, 4.69) is 4.98 Å². The molecule has 5 nitrogen and oxygen atoms in total. The second-order valence-corrected chi connectivity index (χ2v) is 8.11. The van der Waals surface area contributed by atoms with Gasteiger partial charge >= 0.3 is 0 Å². The molecule has 19 heavy (non-hydrogen) atoms. The van der Waals surface area contributed by atoms with Crippen molar-refractivity contribution in [3.8, 4) is 0 Å². The number of nitrogens with two attached hydrogens (primary N) is 1. The lowest BCUT2D eigenvalue weighted by atomic mass is 10.2. The number of sulfone groups is 1. The van der Waals surface area contributed by atoms with Gasteiger partial charge in [0.2, 0.25) is 0 Å². The van der Waals surface area contributed by atoms with Crippen molar-refractivity contribution in [3.05, 3.63) is 23.9 Å². The Morgan fingerprint density at radius 3 is 3.00 bits per heavy atom. The molecule has 104 valence electrons. The fourth-order valence-electron chi connectivity index (χ4n) is 1.93. The van der Waals surface area contributed by atoms with Crippen LogP contribution in [0.4, 0.5) is 5.82 Å². The van der Waals surface area contributed by atoms with Crippen molar-refractivity contribution in [2.45, 2.75) is 5.37 Å². The van der Waals surface area contributed by atoms with Crippen LogP contribution in [-0.2, 0) is 9.84 Å². The highest BCUT2D eigenvalue weighted by atomic mass is 32.2. The van der Waals surface area contributed by atoms with Crippen LogP contribution in [0.3, 0.4) is 0 Å². The van der Waals surface area contributed by atoms with Gasteiger partial charge in [-0.3, -0.25) is 0 Å². The topological polar surface area (TPSA) is 76.3 Å². The first-order valence-electron chi connectivity index (χ1n) is 5.68. The van der Waals surface area contributed by atoms with Gasteiger partial charge in [-0.2, -0.15) is 11.8 Å². The van der Waals surface area contributed by atoms with E-state index in [0.29, 0.717) is 23.7 Å². The van der Waals surface area contributed by atoms with Crippen LogP contribution in [0, 0.1) is 0 Å². The van der Waals surface area contributed by atoms with Crippen LogP contribution < -0.4 is 10.6 Å². The van der Waals surface area contributed by atoms with Gasteiger partial charge in [-0.25, -0.2) is 13.4 Å². The zero-order valence-corrected chi connectivity index (χ0v) is 12.9. The number of aromatic nitrogens is 1. The number of nitrogens with zero attached hydrogens (tertiary/aromatic N) is 2. The van der Waals surface area contributed by atoms with Crippen LogP contribution in [0.1, 0.15) is 5.56 Å². The molecule has 0 saturated carbocycles. The molecule has 1 aliphatic rings. The number of thiocarbonyl (C=S) groups is 1. The van der Waals surface area contributed by atoms with Crippen molar-refractivity contribution in [1.29, 1.82) is 0 Å². The van der Waals surface area contributed by atoms with Gasteiger partial charge in [0.1, 0.15) is 16.2 Å². The molecule has 0 amide bonds. The highest BCUT2D eigenvalue weighted by molar-refractivity contribution is 8.01. The first-order chi connectivity index (χ1) is 8.89. The predicted octanol–water partition coefficient (Wildman–Crippen LogP) is 0.640. The van der Waals surface area contributed by atoms with Crippen molar-refractivity contribution in [2.75, 3.05) is 29.2 Å². The van der Waals surface area contributed by atoms with E-state index >= 15 is 0 Å². The summed E-state index contributed by atoms with van der Waals surface area (Å²) in [5.41, 5.74) is 6.29. The van der Waals surface area contributed by atoms with E-state index < -0.39 is 15.2 Å². The van der Waals surface area contributed by atoms with Gasteiger partial charge in [-0.05, 0) is 12.1 Å². The summed E-state index contributed by atoms with van der Waals surface area (Å²) in [6.45, 7) is 0.649. The van der Waals surface area contributed by atoms with E-state index in [4.69, 9.17) is 18.0 Å². The smallest absolute Gasteiger partial charge is 0.169 e. The maximum atomic E-state index is 11.9. The number of rotatable bonds is 3. The summed E-state index contributed by atoms with van der Waals surface area (Å²) in [5.74, 6) is 2.05. The van der Waals surface area contributed by atoms with Crippen molar-refractivity contribution >= 4 is 44.6 Å². The normalized spacial score (nSPS) is 20.3. The van der Waals surface area contributed by atoms with Crippen molar-refractivity contribution in [1.82, 2.24) is 4.98 Å². The third kappa shape index (κ3) is 3.37. The van der Waals surface area contributed by atoms with E-state index in [1.165, 1.54) is 6.26 Å². The van der Waals surface area contributed by atoms with Gasteiger partial charge in [-0.1, -0.05) is 12.2 Å². The predicted molar refractivity (Wildman–Crippen MR) is 83.4 cm³/mol. The molecule has 2 heterocycles. The summed E-state index contributed by atoms with van der Waals surface area (Å²) in [5, 5.41) is -0.541. The molecule has 2 rings (SSSR count). The van der Waals surface area contributed by atoms with Crippen molar-refractivity contribution < 1.29 is 8.42 Å². The van der Waals surface area contributed by atoms with Crippen LogP contribution in [0.15, 0.2) is 18.3 Å². The highest BCUT2D eigenvalue weighted by Gasteiger charge is 2.31. The molecular formula is C11H15N3O2S3. The van der Waals surface area contributed by atoms with E-state index in [9.17, 15) is 8.42 Å². The molecule has 2 N–H and O–H groups in total. The molecule has 1 saturated heterocycles. The number of thioether (sulfide) groups is 1. The first kappa shape index (κ1) is 14.5. The molecule has 0 radical (unpaired) electrons. The lowest BCUT2D eigenvalue weighted by molar-refractivity contribution is 0.583. The van der Waals surface area contributed by atoms with E-state index in [1.807, 2.05) is 4.90 Å². The summed E-state index contributed by atoms with van der Waals surface area (Å²) < 4.78 is 23.7. The molecule has 1 fully saturated rings. The third-order valence-electron chi connectivity index (χ3n) is 2.90. The Bertz CT molecular complexity index is 589. The highest BCUT2D eigenvalue weighted by Crippen LogP contribution is 2.25. The molecule has 0 bridgehead atoms. The summed E-state index contributed by atoms with van der Waals surface area (Å²) >= 11 is 6.57. The van der Waals surface area contributed by atoms with Crippen LogP contribution in [0.25, 0.3) is 0 Å². The molecule has 0 spiro atoms. The molecule has 0 aliphatic carbocycles. The monoisotopic (exact) mass is 317 g/mol. The minimum atomic E-state index is -3.16. The SMILES string of the molecule is CS(=O)(=O)C1CSCCN1c1cc(C(N)=S)ccn1. The Morgan fingerprint density at radius 2 is 2.37 bits per heavy atom. The molecule has 1 aliphatic heterocycles. The number of anilines is 1. The minimum absolute atomic E-state index is 0.283. The zero-order chi connectivity index (χ0) is 14.0. The molecule has 1 unspecified atom stereocenters. The summed E-state index contributed by atoms with van der Waals surface area (Å²) in [6.07, 6.45) is 2.86. The zero-order valence-electron chi connectivity index (χ0n) is 10.4. The Balaban J connectivity index is 2.38. The van der Waals surface area contributed by atoms with Crippen LogP contribution in [0.2, 0.25) is 0 Å². The van der Waals surface area contributed by atoms with Crippen LogP contribution in [0.5, 0.6) is 0 Å². The second-order valence-electron chi connectivity index (χ2n) is 4.32. The largest absolute Gasteiger partial charge is 0.389 e. The Hall–Kier alpha value is -0.860. The van der Waals surface area contributed by atoms with Gasteiger partial charge in [0.15, 0.2) is 9.84 Å². The Labute approximate surface area is 122 Å². The first-order valence-corrected chi connectivity index (χ1v) is 9.20. The van der Waals surface area contributed by atoms with Crippen LogP contribution >= 0.6 is 24.0 Å². The number of hydrogen-bond donors (Lipinski definition) is 1. The maximum Gasteiger partial charge on any atom is 0.169 e. The summed E-state index contributed by atoms with van der Waals surface area (Å²) in [4.78, 5) is 6.34. The van der Waals surface area contributed by atoms with Gasteiger partial charge in [0.25, 0.3) is 0 Å². The summed E-state index contributed by atoms with van der Waals surface area (Å²) in [7, 11) is -3.16. The second kappa shape index (κ2) is 5.64. The third-order valence-corrected chi connectivity index (χ3v) is 5.78. The van der Waals surface area contributed by atoms with Gasteiger partial charge < -0.3 is 10.6 Å². The molecule has 0 aromatic carbocycles. The molecule has 1 aromatic rings. The van der Waals surface area contributed by atoms with E-state index in [-0.39, 0.29) is 4.99 Å². The number of hydrogen-bond acceptors (Lipinski definition) is 6. The molecular weight excluding hydrogens is 302 g/mol. The molecule has 1 aromatic heterocycles. The molecule has 1 atom stereocenters. The Morgan fingerprint density at radius 1 is 1.63 bits per heavy atom. The van der Waals surface area contributed by atoms with Gasteiger partial charge in [-0.15, -0.1) is 0 Å². The lowest BCUT2D eigenvalue weighted by Crippen LogP contribution is -2.47. The average Bonchev–Trinajstić information content (AvgIpc) is 2.38. The number of pyridine rings is 1. The lowest BCUT2D eigenvalue weighted by Gasteiger charge is -2.35. The standard InChI is InChI=1S/C11H15N3O2S3/c1-19(15,16)10-7-18-5-4-14(10)9-6-8(11(12)17)2-3-13-9/h2-3,6,10H,4-5,7H2,1H3,(H2,12,17). The Kier molecular flexibility index (Phi) is 4.32. The fourth-order valence-corrected chi connectivity index (χ4v) is 4.88.